The molecule has 1 N–H and O–H groups in total. The van der Waals surface area contributed by atoms with E-state index in [0.29, 0.717) is 5.92 Å². The van der Waals surface area contributed by atoms with Crippen LogP contribution in [-0.4, -0.2) is 34.2 Å². The van der Waals surface area contributed by atoms with Gasteiger partial charge in [-0.05, 0) is 37.8 Å². The zero-order chi connectivity index (χ0) is 15.9. The first kappa shape index (κ1) is 14.8. The molecule has 8 heteroatoms. The van der Waals surface area contributed by atoms with Crippen LogP contribution in [0.4, 0.5) is 0 Å². The predicted molar refractivity (Wildman–Crippen MR) is 83.3 cm³/mol. The molecule has 2 aromatic rings. The van der Waals surface area contributed by atoms with E-state index in [-0.39, 0.29) is 10.9 Å². The number of aryl methyl sites for hydroxylation is 1. The highest BCUT2D eigenvalue weighted by molar-refractivity contribution is 7.89. The number of fused-ring (bicyclic) bond motifs is 1. The van der Waals surface area contributed by atoms with Gasteiger partial charge in [-0.1, -0.05) is 0 Å². The highest BCUT2D eigenvalue weighted by Crippen LogP contribution is 2.39. The molecule has 1 aliphatic carbocycles. The SMILES string of the molecule is O=S(=O)(NC1CCc2nnc(C3CC3)n2CC1)c1cccnc1. The minimum atomic E-state index is -3.52. The van der Waals surface area contributed by atoms with Crippen molar-refractivity contribution in [1.29, 1.82) is 0 Å². The highest BCUT2D eigenvalue weighted by atomic mass is 32.2. The Balaban J connectivity index is 1.48. The molecule has 0 saturated heterocycles. The Morgan fingerprint density at radius 3 is 2.78 bits per heavy atom. The molecular weight excluding hydrogens is 314 g/mol. The minimum Gasteiger partial charge on any atom is -0.315 e. The Morgan fingerprint density at radius 1 is 1.17 bits per heavy atom. The van der Waals surface area contributed by atoms with Gasteiger partial charge in [0.05, 0.1) is 0 Å². The van der Waals surface area contributed by atoms with Gasteiger partial charge in [-0.25, -0.2) is 13.1 Å². The molecule has 1 aliphatic heterocycles. The molecule has 2 aliphatic rings. The quantitative estimate of drug-likeness (QED) is 0.909. The molecule has 0 amide bonds. The number of nitrogens with zero attached hydrogens (tertiary/aromatic N) is 4. The van der Waals surface area contributed by atoms with Crippen molar-refractivity contribution in [2.75, 3.05) is 0 Å². The summed E-state index contributed by atoms with van der Waals surface area (Å²) in [6, 6.07) is 3.10. The van der Waals surface area contributed by atoms with Crippen molar-refractivity contribution in [3.8, 4) is 0 Å². The van der Waals surface area contributed by atoms with Crippen molar-refractivity contribution in [3.63, 3.8) is 0 Å². The number of hydrogen-bond acceptors (Lipinski definition) is 5. The molecule has 1 saturated carbocycles. The van der Waals surface area contributed by atoms with Crippen LogP contribution < -0.4 is 4.72 Å². The summed E-state index contributed by atoms with van der Waals surface area (Å²) in [6.07, 6.45) is 7.56. The van der Waals surface area contributed by atoms with Crippen LogP contribution >= 0.6 is 0 Å². The molecule has 7 nitrogen and oxygen atoms in total. The van der Waals surface area contributed by atoms with Crippen LogP contribution in [0.1, 0.15) is 43.3 Å². The van der Waals surface area contributed by atoms with Gasteiger partial charge in [-0.15, -0.1) is 10.2 Å². The van der Waals surface area contributed by atoms with E-state index in [4.69, 9.17) is 0 Å². The first-order chi connectivity index (χ1) is 11.1. The van der Waals surface area contributed by atoms with Crippen LogP contribution in [0.5, 0.6) is 0 Å². The zero-order valence-corrected chi connectivity index (χ0v) is 13.5. The van der Waals surface area contributed by atoms with E-state index in [9.17, 15) is 8.42 Å². The van der Waals surface area contributed by atoms with E-state index in [2.05, 4.69) is 24.5 Å². The monoisotopic (exact) mass is 333 g/mol. The molecule has 4 rings (SSSR count). The normalized spacial score (nSPS) is 21.7. The number of rotatable bonds is 4. The van der Waals surface area contributed by atoms with Crippen molar-refractivity contribution in [3.05, 3.63) is 36.2 Å². The summed E-state index contributed by atoms with van der Waals surface area (Å²) in [7, 11) is -3.52. The van der Waals surface area contributed by atoms with Crippen molar-refractivity contribution < 1.29 is 8.42 Å². The summed E-state index contributed by atoms with van der Waals surface area (Å²) in [6.45, 7) is 0.772. The van der Waals surface area contributed by atoms with Crippen molar-refractivity contribution in [1.82, 2.24) is 24.5 Å². The lowest BCUT2D eigenvalue weighted by Gasteiger charge is -2.16. The zero-order valence-electron chi connectivity index (χ0n) is 12.7. The molecule has 1 unspecified atom stereocenters. The summed E-state index contributed by atoms with van der Waals surface area (Å²) in [5.74, 6) is 2.62. The van der Waals surface area contributed by atoms with Crippen LogP contribution in [0.15, 0.2) is 29.4 Å². The molecule has 0 radical (unpaired) electrons. The molecule has 23 heavy (non-hydrogen) atoms. The molecule has 122 valence electrons. The van der Waals surface area contributed by atoms with Crippen molar-refractivity contribution >= 4 is 10.0 Å². The third kappa shape index (κ3) is 3.00. The number of hydrogen-bond donors (Lipinski definition) is 1. The Labute approximate surface area is 135 Å². The smallest absolute Gasteiger partial charge is 0.242 e. The van der Waals surface area contributed by atoms with Crippen molar-refractivity contribution in [2.45, 2.75) is 55.5 Å². The van der Waals surface area contributed by atoms with Crippen LogP contribution in [0.25, 0.3) is 0 Å². The average Bonchev–Trinajstić information content (AvgIpc) is 3.35. The maximum atomic E-state index is 12.4. The Bertz CT molecular complexity index is 799. The maximum absolute atomic E-state index is 12.4. The van der Waals surface area contributed by atoms with Crippen LogP contribution in [0, 0.1) is 0 Å². The summed E-state index contributed by atoms with van der Waals surface area (Å²) >= 11 is 0. The van der Waals surface area contributed by atoms with E-state index in [1.54, 1.807) is 18.3 Å². The molecule has 3 heterocycles. The van der Waals surface area contributed by atoms with Gasteiger partial charge < -0.3 is 4.57 Å². The Kier molecular flexibility index (Phi) is 3.65. The Morgan fingerprint density at radius 2 is 2.04 bits per heavy atom. The van der Waals surface area contributed by atoms with E-state index in [0.717, 1.165) is 37.5 Å². The second-order valence-electron chi connectivity index (χ2n) is 6.23. The molecular formula is C15H19N5O2S. The molecule has 0 spiro atoms. The number of aromatic nitrogens is 4. The fraction of sp³-hybridized carbons (Fsp3) is 0.533. The predicted octanol–water partition coefficient (Wildman–Crippen LogP) is 1.23. The third-order valence-corrected chi connectivity index (χ3v) is 5.99. The number of sulfonamides is 1. The van der Waals surface area contributed by atoms with Gasteiger partial charge in [0.1, 0.15) is 16.5 Å². The summed E-state index contributed by atoms with van der Waals surface area (Å²) in [4.78, 5) is 4.09. The molecule has 1 atom stereocenters. The molecule has 2 aromatic heterocycles. The van der Waals surface area contributed by atoms with E-state index in [1.165, 1.54) is 19.0 Å². The highest BCUT2D eigenvalue weighted by Gasteiger charge is 2.32. The first-order valence-electron chi connectivity index (χ1n) is 7.98. The summed E-state index contributed by atoms with van der Waals surface area (Å²) < 4.78 is 29.8. The average molecular weight is 333 g/mol. The Hall–Kier alpha value is -1.80. The van der Waals surface area contributed by atoms with Crippen LogP contribution in [0.2, 0.25) is 0 Å². The van der Waals surface area contributed by atoms with Crippen LogP contribution in [-0.2, 0) is 23.0 Å². The topological polar surface area (TPSA) is 89.8 Å². The van der Waals surface area contributed by atoms with Gasteiger partial charge in [-0.3, -0.25) is 4.98 Å². The van der Waals surface area contributed by atoms with Gasteiger partial charge in [0.2, 0.25) is 10.0 Å². The van der Waals surface area contributed by atoms with Gasteiger partial charge in [0.25, 0.3) is 0 Å². The minimum absolute atomic E-state index is 0.0889. The second kappa shape index (κ2) is 5.68. The van der Waals surface area contributed by atoms with E-state index in [1.807, 2.05) is 0 Å². The van der Waals surface area contributed by atoms with Gasteiger partial charge in [-0.2, -0.15) is 0 Å². The van der Waals surface area contributed by atoms with Crippen LogP contribution in [0.3, 0.4) is 0 Å². The molecule has 0 aromatic carbocycles. The lowest BCUT2D eigenvalue weighted by atomic mass is 10.1. The fourth-order valence-electron chi connectivity index (χ4n) is 3.07. The van der Waals surface area contributed by atoms with Gasteiger partial charge in [0, 0.05) is 37.3 Å². The standard InChI is InChI=1S/C15H19N5O2S/c21-23(22,13-2-1-8-16-10-13)19-12-5-6-14-17-18-15(11-3-4-11)20(14)9-7-12/h1-2,8,10-12,19H,3-7,9H2. The second-order valence-corrected chi connectivity index (χ2v) is 7.95. The lowest BCUT2D eigenvalue weighted by Crippen LogP contribution is -2.35. The van der Waals surface area contributed by atoms with E-state index < -0.39 is 10.0 Å². The molecule has 1 fully saturated rings. The first-order valence-corrected chi connectivity index (χ1v) is 9.46. The van der Waals surface area contributed by atoms with E-state index >= 15 is 0 Å². The lowest BCUT2D eigenvalue weighted by molar-refractivity contribution is 0.492. The maximum Gasteiger partial charge on any atom is 0.242 e. The molecule has 0 bridgehead atoms. The third-order valence-electron chi connectivity index (χ3n) is 4.48. The van der Waals surface area contributed by atoms with Gasteiger partial charge in [0.15, 0.2) is 0 Å². The number of pyridine rings is 1. The van der Waals surface area contributed by atoms with Gasteiger partial charge >= 0.3 is 0 Å². The fourth-order valence-corrected chi connectivity index (χ4v) is 4.33. The summed E-state index contributed by atoms with van der Waals surface area (Å²) in [5, 5.41) is 8.61. The number of nitrogens with one attached hydrogen (secondary N) is 1. The van der Waals surface area contributed by atoms with Crippen molar-refractivity contribution in [2.24, 2.45) is 0 Å². The largest absolute Gasteiger partial charge is 0.315 e. The summed E-state index contributed by atoms with van der Waals surface area (Å²) in [5.41, 5.74) is 0.